The Kier molecular flexibility index (Phi) is 5.38. The molecule has 0 saturated carbocycles. The first-order valence-corrected chi connectivity index (χ1v) is 10.1. The molecule has 1 aliphatic heterocycles. The molecule has 1 saturated heterocycles. The first-order valence-electron chi connectivity index (χ1n) is 7.09. The molecule has 3 heterocycles. The van der Waals surface area contributed by atoms with Crippen LogP contribution in [0.1, 0.15) is 11.3 Å². The van der Waals surface area contributed by atoms with Crippen LogP contribution >= 0.6 is 34.9 Å². The monoisotopic (exact) mass is 351 g/mol. The van der Waals surface area contributed by atoms with Gasteiger partial charge in [0, 0.05) is 51.8 Å². The number of thioether (sulfide) groups is 2. The Morgan fingerprint density at radius 3 is 3.09 bits per heavy atom. The molecular weight excluding hydrogens is 334 g/mol. The average molecular weight is 352 g/mol. The van der Waals surface area contributed by atoms with Crippen LogP contribution in [0.5, 0.6) is 0 Å². The van der Waals surface area contributed by atoms with Crippen molar-refractivity contribution >= 4 is 46.6 Å². The third-order valence-corrected chi connectivity index (χ3v) is 7.13. The van der Waals surface area contributed by atoms with E-state index >= 15 is 0 Å². The number of anilines is 1. The number of rotatable bonds is 4. The molecule has 4 nitrogen and oxygen atoms in total. The number of nitrogens with one attached hydrogen (secondary N) is 1. The van der Waals surface area contributed by atoms with Crippen LogP contribution in [0.2, 0.25) is 0 Å². The van der Waals surface area contributed by atoms with Crippen LogP contribution in [0.4, 0.5) is 5.82 Å². The van der Waals surface area contributed by atoms with Crippen molar-refractivity contribution in [2.24, 2.45) is 0 Å². The van der Waals surface area contributed by atoms with Crippen LogP contribution in [-0.2, 0) is 4.79 Å². The number of thiazole rings is 1. The molecule has 1 fully saturated rings. The van der Waals surface area contributed by atoms with Gasteiger partial charge in [-0.15, -0.1) is 11.3 Å². The van der Waals surface area contributed by atoms with Gasteiger partial charge in [0.25, 0.3) is 0 Å². The van der Waals surface area contributed by atoms with Gasteiger partial charge >= 0.3 is 0 Å². The van der Waals surface area contributed by atoms with Crippen molar-refractivity contribution in [1.82, 2.24) is 9.97 Å². The second-order valence-electron chi connectivity index (χ2n) is 4.99. The number of amides is 1. The highest BCUT2D eigenvalue weighted by Gasteiger charge is 2.19. The van der Waals surface area contributed by atoms with E-state index in [0.717, 1.165) is 27.0 Å². The van der Waals surface area contributed by atoms with Gasteiger partial charge in [-0.1, -0.05) is 0 Å². The third kappa shape index (κ3) is 4.02. The van der Waals surface area contributed by atoms with Crippen molar-refractivity contribution in [3.8, 4) is 10.6 Å². The molecule has 0 aliphatic carbocycles. The van der Waals surface area contributed by atoms with E-state index in [-0.39, 0.29) is 5.91 Å². The van der Waals surface area contributed by atoms with Gasteiger partial charge < -0.3 is 5.32 Å². The zero-order valence-electron chi connectivity index (χ0n) is 12.2. The van der Waals surface area contributed by atoms with Crippen LogP contribution in [0.15, 0.2) is 24.5 Å². The fourth-order valence-electron chi connectivity index (χ4n) is 2.17. The summed E-state index contributed by atoms with van der Waals surface area (Å²) in [5, 5.41) is 4.28. The van der Waals surface area contributed by atoms with Crippen LogP contribution in [-0.4, -0.2) is 38.4 Å². The van der Waals surface area contributed by atoms with Crippen molar-refractivity contribution in [3.63, 3.8) is 0 Å². The highest BCUT2D eigenvalue weighted by Crippen LogP contribution is 2.31. The number of carbonyl (C=O) groups is 1. The minimum Gasteiger partial charge on any atom is -0.310 e. The molecule has 1 amide bonds. The first-order chi connectivity index (χ1) is 10.7. The van der Waals surface area contributed by atoms with Crippen LogP contribution in [0.25, 0.3) is 10.6 Å². The molecule has 0 bridgehead atoms. The topological polar surface area (TPSA) is 54.9 Å². The molecule has 2 aromatic heterocycles. The number of aryl methyl sites for hydroxylation is 1. The molecule has 1 unspecified atom stereocenters. The van der Waals surface area contributed by atoms with Gasteiger partial charge in [-0.05, 0) is 19.1 Å². The van der Waals surface area contributed by atoms with Crippen LogP contribution in [0, 0.1) is 6.92 Å². The minimum atomic E-state index is 0.0612. The van der Waals surface area contributed by atoms with Gasteiger partial charge in [0.05, 0.1) is 0 Å². The van der Waals surface area contributed by atoms with Gasteiger partial charge in [-0.2, -0.15) is 23.5 Å². The zero-order chi connectivity index (χ0) is 15.4. The molecule has 22 heavy (non-hydrogen) atoms. The summed E-state index contributed by atoms with van der Waals surface area (Å²) in [4.78, 5) is 21.9. The molecule has 0 radical (unpaired) electrons. The molecule has 0 aromatic carbocycles. The maximum absolute atomic E-state index is 12.2. The van der Waals surface area contributed by atoms with E-state index in [1.54, 1.807) is 23.7 Å². The van der Waals surface area contributed by atoms with E-state index in [9.17, 15) is 4.79 Å². The summed E-state index contributed by atoms with van der Waals surface area (Å²) in [7, 11) is 0. The van der Waals surface area contributed by atoms with E-state index in [1.165, 1.54) is 5.75 Å². The Balaban J connectivity index is 1.65. The van der Waals surface area contributed by atoms with Crippen molar-refractivity contribution in [2.75, 3.05) is 22.6 Å². The fourth-order valence-corrected chi connectivity index (χ4v) is 5.71. The summed E-state index contributed by atoms with van der Waals surface area (Å²) >= 11 is 5.42. The van der Waals surface area contributed by atoms with E-state index < -0.39 is 0 Å². The highest BCUT2D eigenvalue weighted by atomic mass is 32.2. The Morgan fingerprint density at radius 1 is 1.45 bits per heavy atom. The third-order valence-electron chi connectivity index (χ3n) is 3.26. The summed E-state index contributed by atoms with van der Waals surface area (Å²) in [6.07, 6.45) is 4.10. The summed E-state index contributed by atoms with van der Waals surface area (Å²) < 4.78 is 0. The van der Waals surface area contributed by atoms with Gasteiger partial charge in [0.15, 0.2) is 0 Å². The number of hydrogen-bond donors (Lipinski definition) is 1. The fraction of sp³-hybridized carbons (Fsp3) is 0.400. The molecule has 2 aromatic rings. The molecular formula is C15H17N3OS3. The quantitative estimate of drug-likeness (QED) is 0.910. The lowest BCUT2D eigenvalue weighted by atomic mass is 10.3. The Labute approximate surface area is 142 Å². The Morgan fingerprint density at radius 2 is 2.36 bits per heavy atom. The van der Waals surface area contributed by atoms with E-state index in [0.29, 0.717) is 17.5 Å². The minimum absolute atomic E-state index is 0.0612. The molecule has 116 valence electrons. The second-order valence-corrected chi connectivity index (χ2v) is 8.75. The maximum atomic E-state index is 12.2. The van der Waals surface area contributed by atoms with E-state index in [1.807, 2.05) is 42.6 Å². The van der Waals surface area contributed by atoms with Gasteiger partial charge in [-0.3, -0.25) is 9.78 Å². The lowest BCUT2D eigenvalue weighted by Gasteiger charge is -2.20. The van der Waals surface area contributed by atoms with Crippen LogP contribution in [0.3, 0.4) is 0 Å². The zero-order valence-corrected chi connectivity index (χ0v) is 14.7. The average Bonchev–Trinajstić information content (AvgIpc) is 2.90. The van der Waals surface area contributed by atoms with E-state index in [4.69, 9.17) is 0 Å². The number of hydrogen-bond acceptors (Lipinski definition) is 6. The summed E-state index contributed by atoms with van der Waals surface area (Å²) in [5.74, 6) is 4.15. The molecule has 0 spiro atoms. The number of carbonyl (C=O) groups excluding carboxylic acids is 1. The normalized spacial score (nSPS) is 18.1. The summed E-state index contributed by atoms with van der Waals surface area (Å²) in [5.41, 5.74) is 0.982. The van der Waals surface area contributed by atoms with Gasteiger partial charge in [0.1, 0.15) is 10.8 Å². The SMILES string of the molecule is Cc1sc(-c2cccnc2)nc1NC(=O)CC1CSCCS1. The van der Waals surface area contributed by atoms with Gasteiger partial charge in [-0.25, -0.2) is 4.98 Å². The predicted octanol–water partition coefficient (Wildman–Crippen LogP) is 3.69. The smallest absolute Gasteiger partial charge is 0.226 e. The molecule has 1 N–H and O–H groups in total. The maximum Gasteiger partial charge on any atom is 0.226 e. The lowest BCUT2D eigenvalue weighted by Crippen LogP contribution is -2.22. The Hall–Kier alpha value is -1.05. The second kappa shape index (κ2) is 7.48. The molecule has 1 aliphatic rings. The molecule has 1 atom stereocenters. The Bertz CT molecular complexity index is 639. The predicted molar refractivity (Wildman–Crippen MR) is 96.9 cm³/mol. The van der Waals surface area contributed by atoms with Crippen molar-refractivity contribution in [1.29, 1.82) is 0 Å². The van der Waals surface area contributed by atoms with Crippen LogP contribution < -0.4 is 5.32 Å². The molecule has 7 heteroatoms. The first kappa shape index (κ1) is 15.8. The highest BCUT2D eigenvalue weighted by molar-refractivity contribution is 8.06. The standard InChI is InChI=1S/C15H17N3OS3/c1-10-14(17-13(19)7-12-9-20-5-6-21-12)18-15(22-10)11-3-2-4-16-8-11/h2-4,8,12H,5-7,9H2,1H3,(H,17,19). The lowest BCUT2D eigenvalue weighted by molar-refractivity contribution is -0.116. The number of aromatic nitrogens is 2. The van der Waals surface area contributed by atoms with Crippen molar-refractivity contribution < 1.29 is 4.79 Å². The van der Waals surface area contributed by atoms with E-state index in [2.05, 4.69) is 15.3 Å². The number of nitrogens with zero attached hydrogens (tertiary/aromatic N) is 2. The molecule has 3 rings (SSSR count). The summed E-state index contributed by atoms with van der Waals surface area (Å²) in [6, 6.07) is 3.87. The number of pyridine rings is 1. The van der Waals surface area contributed by atoms with Crippen molar-refractivity contribution in [3.05, 3.63) is 29.4 Å². The van der Waals surface area contributed by atoms with Gasteiger partial charge in [0.2, 0.25) is 5.91 Å². The largest absolute Gasteiger partial charge is 0.310 e. The summed E-state index contributed by atoms with van der Waals surface area (Å²) in [6.45, 7) is 1.98. The van der Waals surface area contributed by atoms with Crippen molar-refractivity contribution in [2.45, 2.75) is 18.6 Å².